The molecule has 0 spiro atoms. The summed E-state index contributed by atoms with van der Waals surface area (Å²) in [5.41, 5.74) is 0.381. The smallest absolute Gasteiger partial charge is 0.325 e. The normalized spacial score (nSPS) is 11.6. The molecule has 0 saturated carbocycles. The fourth-order valence-electron chi connectivity index (χ4n) is 3.20. The Morgan fingerprint density at radius 1 is 1.11 bits per heavy atom. The van der Waals surface area contributed by atoms with Crippen LogP contribution in [0.15, 0.2) is 57.8 Å². The van der Waals surface area contributed by atoms with Crippen LogP contribution in [0.1, 0.15) is 22.5 Å². The summed E-state index contributed by atoms with van der Waals surface area (Å²) < 4.78 is 64.9. The molecule has 0 aliphatic rings. The van der Waals surface area contributed by atoms with Gasteiger partial charge in [-0.05, 0) is 30.5 Å². The Morgan fingerprint density at radius 2 is 1.82 bits per heavy atom. The number of anilines is 1. The van der Waals surface area contributed by atoms with E-state index in [4.69, 9.17) is 9.47 Å². The van der Waals surface area contributed by atoms with E-state index in [2.05, 4.69) is 15.6 Å². The van der Waals surface area contributed by atoms with Gasteiger partial charge in [0.1, 0.15) is 16.5 Å². The van der Waals surface area contributed by atoms with Crippen molar-refractivity contribution in [2.75, 3.05) is 31.5 Å². The Balaban J connectivity index is 1.71. The Hall–Kier alpha value is -3.23. The lowest BCUT2D eigenvalue weighted by atomic mass is 10.2. The summed E-state index contributed by atoms with van der Waals surface area (Å²) in [6.45, 7) is 0.0268. The molecule has 2 amide bonds. The van der Waals surface area contributed by atoms with Crippen LogP contribution in [0.2, 0.25) is 0 Å². The van der Waals surface area contributed by atoms with Crippen LogP contribution in [0.25, 0.3) is 0 Å². The first-order chi connectivity index (χ1) is 18.0. The molecule has 0 saturated heterocycles. The van der Waals surface area contributed by atoms with Crippen LogP contribution < -0.4 is 20.1 Å². The molecule has 204 valence electrons. The number of benzene rings is 2. The first kappa shape index (κ1) is 29.3. The largest absolute Gasteiger partial charge is 0.497 e. The molecule has 3 aromatic rings. The zero-order chi connectivity index (χ0) is 27.9. The average molecular weight is 586 g/mol. The Bertz CT molecular complexity index is 1400. The molecule has 1 aromatic heterocycles. The van der Waals surface area contributed by atoms with Crippen molar-refractivity contribution >= 4 is 49.8 Å². The molecule has 2 aromatic carbocycles. The number of aromatic nitrogens is 1. The summed E-state index contributed by atoms with van der Waals surface area (Å²) in [5.74, 6) is -6.37. The van der Waals surface area contributed by atoms with Crippen molar-refractivity contribution in [1.29, 1.82) is 0 Å². The van der Waals surface area contributed by atoms with E-state index in [1.165, 1.54) is 50.2 Å². The van der Waals surface area contributed by atoms with Gasteiger partial charge in [0.2, 0.25) is 0 Å². The van der Waals surface area contributed by atoms with E-state index in [0.717, 1.165) is 11.3 Å². The number of methoxy groups -OCH3 is 2. The fraction of sp³-hybridized carbons (Fsp3) is 0.292. The van der Waals surface area contributed by atoms with Gasteiger partial charge in [-0.25, -0.2) is 13.4 Å². The third-order valence-corrected chi connectivity index (χ3v) is 8.97. The number of thioether (sulfide) groups is 1. The van der Waals surface area contributed by atoms with Crippen molar-refractivity contribution in [3.8, 4) is 11.5 Å². The zero-order valence-electron chi connectivity index (χ0n) is 20.6. The highest BCUT2D eigenvalue weighted by Gasteiger charge is 2.41. The summed E-state index contributed by atoms with van der Waals surface area (Å²) in [6, 6.07) is 12.2. The summed E-state index contributed by atoms with van der Waals surface area (Å²) in [5, 5.41) is 4.52. The van der Waals surface area contributed by atoms with Crippen molar-refractivity contribution in [2.45, 2.75) is 28.1 Å². The number of hydrogen-bond acceptors (Lipinski definition) is 9. The van der Waals surface area contributed by atoms with Gasteiger partial charge in [0.05, 0.1) is 24.9 Å². The van der Waals surface area contributed by atoms with Crippen LogP contribution in [0.4, 0.5) is 13.8 Å². The lowest BCUT2D eigenvalue weighted by Crippen LogP contribution is -2.36. The third kappa shape index (κ3) is 7.20. The number of carbonyl (C=O) groups is 2. The van der Waals surface area contributed by atoms with Crippen molar-refractivity contribution in [2.24, 2.45) is 0 Å². The molecule has 0 atom stereocenters. The first-order valence-electron chi connectivity index (χ1n) is 11.0. The van der Waals surface area contributed by atoms with E-state index in [0.29, 0.717) is 21.4 Å². The maximum absolute atomic E-state index is 14.7. The van der Waals surface area contributed by atoms with Gasteiger partial charge in [0, 0.05) is 24.6 Å². The van der Waals surface area contributed by atoms with Gasteiger partial charge in [-0.3, -0.25) is 9.59 Å². The molecule has 2 N–H and O–H groups in total. The second kappa shape index (κ2) is 12.5. The van der Waals surface area contributed by atoms with E-state index in [1.807, 2.05) is 0 Å². The number of nitrogens with zero attached hydrogens (tertiary/aromatic N) is 1. The van der Waals surface area contributed by atoms with Crippen LogP contribution in [0.3, 0.4) is 0 Å². The quantitative estimate of drug-likeness (QED) is 0.303. The van der Waals surface area contributed by atoms with Crippen molar-refractivity contribution < 1.29 is 36.3 Å². The minimum atomic E-state index is -4.02. The van der Waals surface area contributed by atoms with Gasteiger partial charge < -0.3 is 20.1 Å². The minimum absolute atomic E-state index is 0.0268. The molecule has 38 heavy (non-hydrogen) atoms. The van der Waals surface area contributed by atoms with E-state index in [9.17, 15) is 26.8 Å². The van der Waals surface area contributed by atoms with E-state index >= 15 is 0 Å². The molecule has 0 aliphatic heterocycles. The first-order valence-corrected chi connectivity index (χ1v) is 14.7. The molecule has 9 nitrogen and oxygen atoms in total. The van der Waals surface area contributed by atoms with Gasteiger partial charge in [-0.15, -0.1) is 0 Å². The van der Waals surface area contributed by atoms with Crippen LogP contribution in [-0.2, 0) is 21.2 Å². The molecule has 0 aliphatic carbocycles. The summed E-state index contributed by atoms with van der Waals surface area (Å²) in [7, 11) is -1.05. The highest BCUT2D eigenvalue weighted by atomic mass is 32.2. The van der Waals surface area contributed by atoms with Crippen LogP contribution >= 0.6 is 23.1 Å². The maximum atomic E-state index is 14.7. The SMILES string of the molecule is COc1ccc(CNC(=O)c2nc(SC)sc2NC(=O)C(F)(F)CCS(=O)(=O)c2ccccc2)c(OC)c1. The van der Waals surface area contributed by atoms with Crippen molar-refractivity contribution in [3.05, 3.63) is 59.8 Å². The number of nitrogens with one attached hydrogen (secondary N) is 2. The number of sulfone groups is 1. The predicted octanol–water partition coefficient (Wildman–Crippen LogP) is 4.25. The maximum Gasteiger partial charge on any atom is 0.325 e. The third-order valence-electron chi connectivity index (χ3n) is 5.28. The number of carbonyl (C=O) groups excluding carboxylic acids is 2. The molecule has 3 rings (SSSR count). The molecular formula is C24H25F2N3O6S3. The molecular weight excluding hydrogens is 560 g/mol. The minimum Gasteiger partial charge on any atom is -0.497 e. The van der Waals surface area contributed by atoms with Crippen molar-refractivity contribution in [3.63, 3.8) is 0 Å². The number of hydrogen-bond donors (Lipinski definition) is 2. The fourth-order valence-corrected chi connectivity index (χ4v) is 5.99. The molecule has 0 radical (unpaired) electrons. The lowest BCUT2D eigenvalue weighted by Gasteiger charge is -2.16. The number of amides is 2. The van der Waals surface area contributed by atoms with Crippen LogP contribution in [0, 0.1) is 0 Å². The van der Waals surface area contributed by atoms with Crippen LogP contribution in [-0.4, -0.2) is 57.4 Å². The Morgan fingerprint density at radius 3 is 2.45 bits per heavy atom. The standard InChI is InChI=1S/C24H25F2N3O6S3/c1-34-16-10-9-15(18(13-16)35-2)14-27-20(30)19-21(37-23(28-19)36-3)29-22(31)24(25,26)11-12-38(32,33)17-7-5-4-6-8-17/h4-10,13H,11-12,14H2,1-3H3,(H,27,30)(H,29,31). The van der Waals surface area contributed by atoms with Crippen molar-refractivity contribution in [1.82, 2.24) is 10.3 Å². The van der Waals surface area contributed by atoms with Gasteiger partial charge >= 0.3 is 5.92 Å². The topological polar surface area (TPSA) is 124 Å². The molecule has 0 unspecified atom stereocenters. The number of rotatable bonds is 12. The highest BCUT2D eigenvalue weighted by Crippen LogP contribution is 2.33. The van der Waals surface area contributed by atoms with Gasteiger partial charge in [-0.2, -0.15) is 8.78 Å². The van der Waals surface area contributed by atoms with Gasteiger partial charge in [0.15, 0.2) is 19.9 Å². The number of alkyl halides is 2. The zero-order valence-corrected chi connectivity index (χ0v) is 23.1. The monoisotopic (exact) mass is 585 g/mol. The Kier molecular flexibility index (Phi) is 9.68. The second-order valence-electron chi connectivity index (χ2n) is 7.76. The van der Waals surface area contributed by atoms with Gasteiger partial charge in [-0.1, -0.05) is 41.3 Å². The summed E-state index contributed by atoms with van der Waals surface area (Å²) >= 11 is 2.02. The number of halogens is 2. The average Bonchev–Trinajstić information content (AvgIpc) is 3.34. The molecule has 0 bridgehead atoms. The number of ether oxygens (including phenoxy) is 2. The summed E-state index contributed by atoms with van der Waals surface area (Å²) in [6.07, 6.45) is 0.445. The Labute approximate surface area is 226 Å². The van der Waals surface area contributed by atoms with E-state index in [-0.39, 0.29) is 22.1 Å². The molecule has 1 heterocycles. The van der Waals surface area contributed by atoms with Crippen LogP contribution in [0.5, 0.6) is 11.5 Å². The number of thiazole rings is 1. The van der Waals surface area contributed by atoms with Gasteiger partial charge in [0.25, 0.3) is 11.8 Å². The molecule has 0 fully saturated rings. The summed E-state index contributed by atoms with van der Waals surface area (Å²) in [4.78, 5) is 29.3. The second-order valence-corrected chi connectivity index (χ2v) is 11.9. The highest BCUT2D eigenvalue weighted by molar-refractivity contribution is 8.00. The predicted molar refractivity (Wildman–Crippen MR) is 141 cm³/mol. The lowest BCUT2D eigenvalue weighted by molar-refractivity contribution is -0.139. The van der Waals surface area contributed by atoms with E-state index in [1.54, 1.807) is 30.5 Å². The van der Waals surface area contributed by atoms with E-state index < -0.39 is 39.7 Å². The molecule has 14 heteroatoms.